The second kappa shape index (κ2) is 13.6. The Bertz CT molecular complexity index is 811. The number of hydrogen-bond donors (Lipinski definition) is 3. The molecule has 3 amide bonds. The number of likely N-dealkylation sites (N-methyl/N-ethyl adjacent to an activating group) is 2. The Hall–Kier alpha value is -2.20. The number of carbonyl (C=O) groups is 4. The maximum Gasteiger partial charge on any atom is 0.305 e. The molecule has 2 aliphatic rings. The molecule has 3 N–H and O–H groups in total. The highest BCUT2D eigenvalue weighted by Gasteiger charge is 2.40. The average molecular weight is 524 g/mol. The first kappa shape index (κ1) is 31.0. The van der Waals surface area contributed by atoms with Crippen LogP contribution in [0, 0.1) is 11.3 Å². The summed E-state index contributed by atoms with van der Waals surface area (Å²) in [5, 5.41) is 14.7. The van der Waals surface area contributed by atoms with Crippen LogP contribution in [0.5, 0.6) is 0 Å². The third-order valence-electron chi connectivity index (χ3n) is 7.81. The van der Waals surface area contributed by atoms with Crippen LogP contribution in [0.1, 0.15) is 73.1 Å². The van der Waals surface area contributed by atoms with Gasteiger partial charge in [0.25, 0.3) is 0 Å². The number of likely N-dealkylation sites (tertiary alicyclic amines) is 2. The average Bonchev–Trinajstić information content (AvgIpc) is 3.27. The fourth-order valence-electron chi connectivity index (χ4n) is 5.43. The minimum Gasteiger partial charge on any atom is -0.481 e. The van der Waals surface area contributed by atoms with Crippen molar-refractivity contribution in [3.05, 3.63) is 0 Å². The molecule has 212 valence electrons. The first-order valence-electron chi connectivity index (χ1n) is 13.7. The molecule has 0 aromatic rings. The number of nitrogens with zero attached hydrogens (tertiary/aromatic N) is 3. The fraction of sp³-hybridized carbons (Fsp3) is 0.852. The molecule has 2 fully saturated rings. The topological polar surface area (TPSA) is 122 Å². The molecule has 0 saturated carbocycles. The van der Waals surface area contributed by atoms with E-state index in [1.165, 1.54) is 0 Å². The molecule has 2 heterocycles. The van der Waals surface area contributed by atoms with Gasteiger partial charge in [-0.3, -0.25) is 29.0 Å². The fourth-order valence-corrected chi connectivity index (χ4v) is 5.43. The number of rotatable bonds is 11. The van der Waals surface area contributed by atoms with Crippen LogP contribution >= 0.6 is 0 Å². The summed E-state index contributed by atoms with van der Waals surface area (Å²) in [4.78, 5) is 56.6. The molecule has 4 atom stereocenters. The van der Waals surface area contributed by atoms with Gasteiger partial charge in [-0.15, -0.1) is 0 Å². The lowest BCUT2D eigenvalue weighted by molar-refractivity contribution is -0.142. The van der Waals surface area contributed by atoms with Crippen LogP contribution in [0.3, 0.4) is 0 Å². The normalized spacial score (nSPS) is 22.9. The molecule has 4 unspecified atom stereocenters. The quantitative estimate of drug-likeness (QED) is 0.375. The maximum absolute atomic E-state index is 13.9. The van der Waals surface area contributed by atoms with Gasteiger partial charge in [0.15, 0.2) is 0 Å². The Morgan fingerprint density at radius 3 is 2.22 bits per heavy atom. The minimum absolute atomic E-state index is 0.0948. The lowest BCUT2D eigenvalue weighted by Crippen LogP contribution is -2.61. The summed E-state index contributed by atoms with van der Waals surface area (Å²) in [6.45, 7) is 12.3. The molecule has 37 heavy (non-hydrogen) atoms. The molecule has 10 heteroatoms. The molecule has 2 rings (SSSR count). The molecule has 10 nitrogen and oxygen atoms in total. The number of carboxylic acids is 1. The van der Waals surface area contributed by atoms with Gasteiger partial charge < -0.3 is 20.6 Å². The van der Waals surface area contributed by atoms with Crippen molar-refractivity contribution < 1.29 is 24.3 Å². The molecule has 0 aliphatic carbocycles. The van der Waals surface area contributed by atoms with E-state index in [0.717, 1.165) is 38.8 Å². The Morgan fingerprint density at radius 1 is 1.00 bits per heavy atom. The zero-order chi connectivity index (χ0) is 27.9. The standard InChI is InChI=1S/C27H49N5O5/c1-18(2)21(17-32-16-10-12-20(32)24(35)28-14-13-22(33)34)31(7)26(37)23(27(3,4)5)29-25(36)19-11-8-9-15-30(19)6/h18-21,23H,8-17H2,1-7H3,(H,28,35)(H,29,36)(H,33,34). The van der Waals surface area contributed by atoms with Crippen molar-refractivity contribution >= 4 is 23.7 Å². The van der Waals surface area contributed by atoms with Crippen LogP contribution < -0.4 is 10.6 Å². The molecule has 0 spiro atoms. The number of hydrogen-bond acceptors (Lipinski definition) is 6. The van der Waals surface area contributed by atoms with Gasteiger partial charge in [0.05, 0.1) is 18.5 Å². The van der Waals surface area contributed by atoms with E-state index >= 15 is 0 Å². The van der Waals surface area contributed by atoms with Crippen molar-refractivity contribution in [2.45, 2.75) is 97.3 Å². The van der Waals surface area contributed by atoms with Gasteiger partial charge in [0, 0.05) is 26.2 Å². The molecule has 0 aromatic carbocycles. The highest BCUT2D eigenvalue weighted by atomic mass is 16.4. The summed E-state index contributed by atoms with van der Waals surface area (Å²) in [5.41, 5.74) is -0.476. The van der Waals surface area contributed by atoms with Crippen LogP contribution in [0.4, 0.5) is 0 Å². The van der Waals surface area contributed by atoms with E-state index in [2.05, 4.69) is 34.3 Å². The van der Waals surface area contributed by atoms with Crippen molar-refractivity contribution in [1.82, 2.24) is 25.3 Å². The summed E-state index contributed by atoms with van der Waals surface area (Å²) in [6.07, 6.45) is 4.35. The van der Waals surface area contributed by atoms with Crippen LogP contribution in [0.25, 0.3) is 0 Å². The SMILES string of the molecule is CC(C)C(CN1CCCC1C(=O)NCCC(=O)O)N(C)C(=O)C(NC(=O)C1CCCCN1C)C(C)(C)C. The lowest BCUT2D eigenvalue weighted by Gasteiger charge is -2.41. The Labute approximate surface area is 222 Å². The van der Waals surface area contributed by atoms with Crippen LogP contribution in [-0.4, -0.2) is 108 Å². The summed E-state index contributed by atoms with van der Waals surface area (Å²) >= 11 is 0. The predicted octanol–water partition coefficient (Wildman–Crippen LogP) is 1.54. The molecule has 0 radical (unpaired) electrons. The molecule has 2 aliphatic heterocycles. The second-order valence-electron chi connectivity index (χ2n) is 12.1. The van der Waals surface area contributed by atoms with Gasteiger partial charge in [-0.1, -0.05) is 41.0 Å². The van der Waals surface area contributed by atoms with E-state index in [0.29, 0.717) is 13.0 Å². The Balaban J connectivity index is 2.12. The first-order chi connectivity index (χ1) is 17.2. The third-order valence-corrected chi connectivity index (χ3v) is 7.81. The summed E-state index contributed by atoms with van der Waals surface area (Å²) in [7, 11) is 3.76. The first-order valence-corrected chi connectivity index (χ1v) is 13.7. The van der Waals surface area contributed by atoms with E-state index in [9.17, 15) is 19.2 Å². The van der Waals surface area contributed by atoms with E-state index in [-0.39, 0.29) is 54.7 Å². The van der Waals surface area contributed by atoms with E-state index in [1.807, 2.05) is 27.8 Å². The summed E-state index contributed by atoms with van der Waals surface area (Å²) in [5.74, 6) is -1.20. The predicted molar refractivity (Wildman–Crippen MR) is 143 cm³/mol. The molecular weight excluding hydrogens is 474 g/mol. The lowest BCUT2D eigenvalue weighted by atomic mass is 9.84. The van der Waals surface area contributed by atoms with Crippen LogP contribution in [-0.2, 0) is 19.2 Å². The maximum atomic E-state index is 13.9. The van der Waals surface area contributed by atoms with Gasteiger partial charge in [-0.05, 0) is 57.2 Å². The highest BCUT2D eigenvalue weighted by molar-refractivity contribution is 5.90. The van der Waals surface area contributed by atoms with E-state index in [1.54, 1.807) is 11.9 Å². The molecule has 0 bridgehead atoms. The van der Waals surface area contributed by atoms with Crippen LogP contribution in [0.15, 0.2) is 0 Å². The summed E-state index contributed by atoms with van der Waals surface area (Å²) in [6, 6.07) is -1.38. The number of piperidine rings is 1. The van der Waals surface area contributed by atoms with Gasteiger partial charge in [-0.25, -0.2) is 0 Å². The van der Waals surface area contributed by atoms with Crippen molar-refractivity contribution in [3.63, 3.8) is 0 Å². The largest absolute Gasteiger partial charge is 0.481 e. The number of aliphatic carboxylic acids is 1. The molecule has 0 aromatic heterocycles. The van der Waals surface area contributed by atoms with Crippen LogP contribution in [0.2, 0.25) is 0 Å². The Morgan fingerprint density at radius 2 is 1.65 bits per heavy atom. The highest BCUT2D eigenvalue weighted by Crippen LogP contribution is 2.26. The Kier molecular flexibility index (Phi) is 11.4. The van der Waals surface area contributed by atoms with Gasteiger partial charge in [-0.2, -0.15) is 0 Å². The third kappa shape index (κ3) is 8.67. The van der Waals surface area contributed by atoms with E-state index < -0.39 is 17.4 Å². The number of carbonyl (C=O) groups excluding carboxylic acids is 3. The number of amides is 3. The van der Waals surface area contributed by atoms with Gasteiger partial charge in [0.2, 0.25) is 17.7 Å². The van der Waals surface area contributed by atoms with E-state index in [4.69, 9.17) is 5.11 Å². The van der Waals surface area contributed by atoms with Crippen molar-refractivity contribution in [2.75, 3.05) is 40.3 Å². The number of nitrogens with one attached hydrogen (secondary N) is 2. The monoisotopic (exact) mass is 523 g/mol. The number of carboxylic acid groups (broad SMARTS) is 1. The van der Waals surface area contributed by atoms with Gasteiger partial charge in [0.1, 0.15) is 6.04 Å². The second-order valence-corrected chi connectivity index (χ2v) is 12.1. The minimum atomic E-state index is -0.945. The van der Waals surface area contributed by atoms with Crippen molar-refractivity contribution in [2.24, 2.45) is 11.3 Å². The zero-order valence-corrected chi connectivity index (χ0v) is 23.9. The van der Waals surface area contributed by atoms with Crippen molar-refractivity contribution in [1.29, 1.82) is 0 Å². The molecular formula is C27H49N5O5. The van der Waals surface area contributed by atoms with Gasteiger partial charge >= 0.3 is 5.97 Å². The smallest absolute Gasteiger partial charge is 0.305 e. The van der Waals surface area contributed by atoms with Crippen molar-refractivity contribution in [3.8, 4) is 0 Å². The molecule has 2 saturated heterocycles. The zero-order valence-electron chi connectivity index (χ0n) is 23.9. The summed E-state index contributed by atoms with van der Waals surface area (Å²) < 4.78 is 0.